The minimum absolute atomic E-state index is 0.0827. The largest absolute Gasteiger partial charge is 0.379 e. The second-order valence-electron chi connectivity index (χ2n) is 7.71. The first-order valence-electron chi connectivity index (χ1n) is 9.77. The molecule has 29 heavy (non-hydrogen) atoms. The molecule has 3 rings (SSSR count). The van der Waals surface area contributed by atoms with Gasteiger partial charge in [0.2, 0.25) is 10.0 Å². The molecule has 1 aliphatic carbocycles. The minimum atomic E-state index is -3.80. The predicted molar refractivity (Wildman–Crippen MR) is 110 cm³/mol. The van der Waals surface area contributed by atoms with Gasteiger partial charge in [0.25, 0.3) is 5.69 Å². The number of nitrogens with zero attached hydrogens (tertiary/aromatic N) is 3. The van der Waals surface area contributed by atoms with E-state index in [0.717, 1.165) is 37.3 Å². The third kappa shape index (κ3) is 5.54. The first-order chi connectivity index (χ1) is 13.7. The van der Waals surface area contributed by atoms with Gasteiger partial charge in [0.15, 0.2) is 0 Å². The molecule has 1 heterocycles. The van der Waals surface area contributed by atoms with Gasteiger partial charge in [-0.25, -0.2) is 13.1 Å². The fraction of sp³-hybridized carbons (Fsp3) is 0.526. The van der Waals surface area contributed by atoms with E-state index in [0.29, 0.717) is 24.6 Å². The van der Waals surface area contributed by atoms with Gasteiger partial charge in [-0.2, -0.15) is 5.10 Å². The SMILES string of the molecule is CC1CCC(NS(=O)(=O)c2ccc(NCCc3cnn(C)c3)c([N+](=O)[O-])c2)CC1. The number of aromatic nitrogens is 2. The van der Waals surface area contributed by atoms with Crippen LogP contribution in [-0.4, -0.2) is 35.7 Å². The van der Waals surface area contributed by atoms with Crippen molar-refractivity contribution < 1.29 is 13.3 Å². The molecule has 9 nitrogen and oxygen atoms in total. The fourth-order valence-corrected chi connectivity index (χ4v) is 4.91. The molecule has 1 aliphatic rings. The summed E-state index contributed by atoms with van der Waals surface area (Å²) in [6, 6.07) is 3.87. The molecule has 0 amide bonds. The normalized spacial score (nSPS) is 19.8. The van der Waals surface area contributed by atoms with Crippen LogP contribution in [0.1, 0.15) is 38.2 Å². The van der Waals surface area contributed by atoms with Crippen LogP contribution in [0.15, 0.2) is 35.5 Å². The molecule has 0 radical (unpaired) electrons. The standard InChI is InChI=1S/C19H27N5O4S/c1-14-3-5-16(6-4-14)22-29(27,28)17-7-8-18(19(11-17)24(25)26)20-10-9-15-12-21-23(2)13-15/h7-8,11-14,16,20,22H,3-6,9-10H2,1-2H3. The summed E-state index contributed by atoms with van der Waals surface area (Å²) in [6.45, 7) is 2.63. The molecule has 158 valence electrons. The van der Waals surface area contributed by atoms with E-state index in [9.17, 15) is 18.5 Å². The fourth-order valence-electron chi connectivity index (χ4n) is 3.59. The third-order valence-electron chi connectivity index (χ3n) is 5.30. The maximum Gasteiger partial charge on any atom is 0.293 e. The monoisotopic (exact) mass is 421 g/mol. The summed E-state index contributed by atoms with van der Waals surface area (Å²) in [6.07, 6.45) is 7.80. The quantitative estimate of drug-likeness (QED) is 0.500. The van der Waals surface area contributed by atoms with Gasteiger partial charge in [0.1, 0.15) is 5.69 Å². The number of aryl methyl sites for hydroxylation is 1. The number of sulfonamides is 1. The summed E-state index contributed by atoms with van der Waals surface area (Å²) in [5.41, 5.74) is 1.05. The lowest BCUT2D eigenvalue weighted by Crippen LogP contribution is -2.37. The highest BCUT2D eigenvalue weighted by molar-refractivity contribution is 7.89. The Morgan fingerprint density at radius 3 is 2.62 bits per heavy atom. The number of nitrogens with one attached hydrogen (secondary N) is 2. The van der Waals surface area contributed by atoms with Crippen LogP contribution >= 0.6 is 0 Å². The van der Waals surface area contributed by atoms with Gasteiger partial charge < -0.3 is 5.32 Å². The number of hydrogen-bond donors (Lipinski definition) is 2. The van der Waals surface area contributed by atoms with Crippen molar-refractivity contribution >= 4 is 21.4 Å². The summed E-state index contributed by atoms with van der Waals surface area (Å²) in [5.74, 6) is 0.605. The van der Waals surface area contributed by atoms with Crippen molar-refractivity contribution in [3.8, 4) is 0 Å². The Kier molecular flexibility index (Phi) is 6.53. The highest BCUT2D eigenvalue weighted by Crippen LogP contribution is 2.29. The summed E-state index contributed by atoms with van der Waals surface area (Å²) in [4.78, 5) is 10.9. The van der Waals surface area contributed by atoms with E-state index in [1.807, 2.05) is 13.2 Å². The minimum Gasteiger partial charge on any atom is -0.379 e. The van der Waals surface area contributed by atoms with Gasteiger partial charge in [0, 0.05) is 31.9 Å². The first kappa shape index (κ1) is 21.3. The van der Waals surface area contributed by atoms with Crippen LogP contribution in [-0.2, 0) is 23.5 Å². The molecule has 1 aromatic carbocycles. The molecule has 0 bridgehead atoms. The third-order valence-corrected chi connectivity index (χ3v) is 6.82. The van der Waals surface area contributed by atoms with E-state index >= 15 is 0 Å². The molecule has 0 atom stereocenters. The van der Waals surface area contributed by atoms with Gasteiger partial charge in [-0.15, -0.1) is 0 Å². The zero-order valence-corrected chi connectivity index (χ0v) is 17.5. The molecule has 10 heteroatoms. The Morgan fingerprint density at radius 1 is 1.28 bits per heavy atom. The lowest BCUT2D eigenvalue weighted by molar-refractivity contribution is -0.384. The number of rotatable bonds is 8. The molecule has 1 aromatic heterocycles. The lowest BCUT2D eigenvalue weighted by Gasteiger charge is -2.26. The predicted octanol–water partition coefficient (Wildman–Crippen LogP) is 2.84. The van der Waals surface area contributed by atoms with E-state index < -0.39 is 14.9 Å². The van der Waals surface area contributed by atoms with Crippen molar-refractivity contribution in [3.05, 3.63) is 46.3 Å². The average Bonchev–Trinajstić information content (AvgIpc) is 3.08. The molecule has 2 aromatic rings. The zero-order valence-electron chi connectivity index (χ0n) is 16.7. The van der Waals surface area contributed by atoms with Crippen LogP contribution in [0.2, 0.25) is 0 Å². The molecule has 0 spiro atoms. The van der Waals surface area contributed by atoms with Gasteiger partial charge in [-0.1, -0.05) is 6.92 Å². The molecular weight excluding hydrogens is 394 g/mol. The molecule has 0 saturated heterocycles. The van der Waals surface area contributed by atoms with Crippen LogP contribution in [0.5, 0.6) is 0 Å². The van der Waals surface area contributed by atoms with Crippen LogP contribution in [0.4, 0.5) is 11.4 Å². The molecule has 0 aliphatic heterocycles. The number of benzene rings is 1. The zero-order chi connectivity index (χ0) is 21.0. The molecule has 2 N–H and O–H groups in total. The van der Waals surface area contributed by atoms with Crippen molar-refractivity contribution in [1.82, 2.24) is 14.5 Å². The summed E-state index contributed by atoms with van der Waals surface area (Å²) in [7, 11) is -1.98. The number of hydrogen-bond acceptors (Lipinski definition) is 6. The van der Waals surface area contributed by atoms with Gasteiger partial charge >= 0.3 is 0 Å². The topological polar surface area (TPSA) is 119 Å². The van der Waals surface area contributed by atoms with Crippen molar-refractivity contribution in [2.75, 3.05) is 11.9 Å². The van der Waals surface area contributed by atoms with E-state index in [1.54, 1.807) is 10.9 Å². The molecular formula is C19H27N5O4S. The first-order valence-corrected chi connectivity index (χ1v) is 11.2. The van der Waals surface area contributed by atoms with Crippen molar-refractivity contribution in [2.45, 2.75) is 50.0 Å². The maximum atomic E-state index is 12.7. The highest BCUT2D eigenvalue weighted by Gasteiger charge is 2.26. The maximum absolute atomic E-state index is 12.7. The van der Waals surface area contributed by atoms with E-state index in [4.69, 9.17) is 0 Å². The van der Waals surface area contributed by atoms with E-state index in [1.165, 1.54) is 12.1 Å². The lowest BCUT2D eigenvalue weighted by atomic mass is 9.88. The summed E-state index contributed by atoms with van der Waals surface area (Å²) in [5, 5.41) is 18.6. The van der Waals surface area contributed by atoms with Gasteiger partial charge in [-0.3, -0.25) is 14.8 Å². The van der Waals surface area contributed by atoms with Gasteiger partial charge in [-0.05, 0) is 55.7 Å². The van der Waals surface area contributed by atoms with E-state index in [2.05, 4.69) is 22.1 Å². The van der Waals surface area contributed by atoms with E-state index in [-0.39, 0.29) is 16.6 Å². The van der Waals surface area contributed by atoms with Crippen LogP contribution < -0.4 is 10.0 Å². The van der Waals surface area contributed by atoms with Crippen LogP contribution in [0.25, 0.3) is 0 Å². The van der Waals surface area contributed by atoms with Crippen LogP contribution in [0.3, 0.4) is 0 Å². The second kappa shape index (κ2) is 8.91. The van der Waals surface area contributed by atoms with Crippen molar-refractivity contribution in [1.29, 1.82) is 0 Å². The Hall–Kier alpha value is -2.46. The second-order valence-corrected chi connectivity index (χ2v) is 9.43. The number of nitro benzene ring substituents is 1. The number of anilines is 1. The highest BCUT2D eigenvalue weighted by atomic mass is 32.2. The van der Waals surface area contributed by atoms with Gasteiger partial charge in [0.05, 0.1) is 16.0 Å². The Bertz CT molecular complexity index is 965. The summed E-state index contributed by atoms with van der Waals surface area (Å²) < 4.78 is 29.8. The number of nitro groups is 1. The Balaban J connectivity index is 1.70. The Labute approximate surface area is 170 Å². The van der Waals surface area contributed by atoms with Crippen molar-refractivity contribution in [3.63, 3.8) is 0 Å². The molecule has 0 unspecified atom stereocenters. The molecule has 1 fully saturated rings. The summed E-state index contributed by atoms with van der Waals surface area (Å²) >= 11 is 0. The Morgan fingerprint density at radius 2 is 2.00 bits per heavy atom. The smallest absolute Gasteiger partial charge is 0.293 e. The van der Waals surface area contributed by atoms with Crippen molar-refractivity contribution in [2.24, 2.45) is 13.0 Å². The molecule has 1 saturated carbocycles. The average molecular weight is 422 g/mol. The van der Waals surface area contributed by atoms with Crippen LogP contribution in [0, 0.1) is 16.0 Å².